The molecule has 1 N–H and O–H groups in total. The lowest BCUT2D eigenvalue weighted by atomic mass is 10.1. The lowest BCUT2D eigenvalue weighted by Gasteiger charge is -2.15. The van der Waals surface area contributed by atoms with Gasteiger partial charge in [0, 0.05) is 17.2 Å². The van der Waals surface area contributed by atoms with Crippen molar-refractivity contribution >= 4 is 11.8 Å². The molecule has 1 unspecified atom stereocenters. The normalized spacial score (nSPS) is 13.7. The van der Waals surface area contributed by atoms with Gasteiger partial charge < -0.3 is 9.84 Å². The SMILES string of the molecule is CCCNC(CC)Cc1nc(CSC(C)(C)C)no1. The van der Waals surface area contributed by atoms with E-state index in [1.54, 1.807) is 0 Å². The topological polar surface area (TPSA) is 51.0 Å². The van der Waals surface area contributed by atoms with E-state index >= 15 is 0 Å². The molecule has 1 aromatic rings. The van der Waals surface area contributed by atoms with Crippen molar-refractivity contribution in [2.45, 2.75) is 70.4 Å². The molecule has 1 heterocycles. The van der Waals surface area contributed by atoms with Gasteiger partial charge in [0.2, 0.25) is 5.89 Å². The molecule has 0 aliphatic carbocycles. The number of nitrogens with one attached hydrogen (secondary N) is 1. The zero-order valence-corrected chi connectivity index (χ0v) is 13.6. The molecule has 0 bridgehead atoms. The molecule has 110 valence electrons. The van der Waals surface area contributed by atoms with Crippen LogP contribution in [0.1, 0.15) is 59.2 Å². The lowest BCUT2D eigenvalue weighted by Crippen LogP contribution is -2.31. The minimum Gasteiger partial charge on any atom is -0.339 e. The minimum absolute atomic E-state index is 0.232. The summed E-state index contributed by atoms with van der Waals surface area (Å²) in [4.78, 5) is 4.47. The van der Waals surface area contributed by atoms with Crippen molar-refractivity contribution < 1.29 is 4.52 Å². The van der Waals surface area contributed by atoms with Crippen molar-refractivity contribution in [3.05, 3.63) is 11.7 Å². The van der Waals surface area contributed by atoms with E-state index in [4.69, 9.17) is 4.52 Å². The summed E-state index contributed by atoms with van der Waals surface area (Å²) in [7, 11) is 0. The van der Waals surface area contributed by atoms with Crippen molar-refractivity contribution in [1.29, 1.82) is 0 Å². The molecule has 0 aliphatic heterocycles. The second-order valence-corrected chi connectivity index (χ2v) is 7.57. The number of aromatic nitrogens is 2. The highest BCUT2D eigenvalue weighted by Crippen LogP contribution is 2.26. The maximum Gasteiger partial charge on any atom is 0.228 e. The van der Waals surface area contributed by atoms with Crippen molar-refractivity contribution in [3.63, 3.8) is 0 Å². The van der Waals surface area contributed by atoms with E-state index < -0.39 is 0 Å². The van der Waals surface area contributed by atoms with Gasteiger partial charge in [-0.1, -0.05) is 39.8 Å². The number of hydrogen-bond acceptors (Lipinski definition) is 5. The molecule has 4 nitrogen and oxygen atoms in total. The molecule has 0 amide bonds. The Morgan fingerprint density at radius 3 is 2.63 bits per heavy atom. The van der Waals surface area contributed by atoms with Crippen molar-refractivity contribution in [1.82, 2.24) is 15.5 Å². The molecule has 0 radical (unpaired) electrons. The second kappa shape index (κ2) is 7.90. The number of hydrogen-bond donors (Lipinski definition) is 1. The van der Waals surface area contributed by atoms with Crippen molar-refractivity contribution in [3.8, 4) is 0 Å². The summed E-state index contributed by atoms with van der Waals surface area (Å²) in [6.45, 7) is 12.0. The van der Waals surface area contributed by atoms with E-state index in [9.17, 15) is 0 Å². The highest BCUT2D eigenvalue weighted by molar-refractivity contribution is 7.99. The van der Waals surface area contributed by atoms with Gasteiger partial charge in [-0.3, -0.25) is 0 Å². The van der Waals surface area contributed by atoms with Crippen LogP contribution in [0.5, 0.6) is 0 Å². The van der Waals surface area contributed by atoms with Gasteiger partial charge in [0.05, 0.1) is 5.75 Å². The van der Waals surface area contributed by atoms with Gasteiger partial charge in [-0.2, -0.15) is 4.98 Å². The van der Waals surface area contributed by atoms with E-state index in [2.05, 4.69) is 50.1 Å². The van der Waals surface area contributed by atoms with Gasteiger partial charge in [0.1, 0.15) is 0 Å². The third-order valence-electron chi connectivity index (χ3n) is 2.74. The first-order valence-corrected chi connectivity index (χ1v) is 8.12. The molecule has 0 aromatic carbocycles. The number of thioether (sulfide) groups is 1. The van der Waals surface area contributed by atoms with Gasteiger partial charge in [-0.05, 0) is 19.4 Å². The zero-order chi connectivity index (χ0) is 14.3. The zero-order valence-electron chi connectivity index (χ0n) is 12.8. The Hall–Kier alpha value is -0.550. The van der Waals surface area contributed by atoms with Crippen LogP contribution in [0.25, 0.3) is 0 Å². The molecule has 1 aromatic heterocycles. The van der Waals surface area contributed by atoms with E-state index in [1.165, 1.54) is 0 Å². The third-order valence-corrected chi connectivity index (χ3v) is 4.01. The summed E-state index contributed by atoms with van der Waals surface area (Å²) in [5.74, 6) is 2.37. The summed E-state index contributed by atoms with van der Waals surface area (Å²) < 4.78 is 5.56. The van der Waals surface area contributed by atoms with Crippen molar-refractivity contribution in [2.24, 2.45) is 0 Å². The van der Waals surface area contributed by atoms with Gasteiger partial charge >= 0.3 is 0 Å². The Bertz CT molecular complexity index is 360. The Kier molecular flexibility index (Phi) is 6.86. The van der Waals surface area contributed by atoms with Crippen LogP contribution in [-0.2, 0) is 12.2 Å². The Morgan fingerprint density at radius 1 is 1.32 bits per heavy atom. The van der Waals surface area contributed by atoms with Crippen LogP contribution in [0, 0.1) is 0 Å². The van der Waals surface area contributed by atoms with Crippen molar-refractivity contribution in [2.75, 3.05) is 6.54 Å². The molecule has 0 spiro atoms. The summed E-state index contributed by atoms with van der Waals surface area (Å²) in [6.07, 6.45) is 3.05. The van der Waals surface area contributed by atoms with Gasteiger partial charge in [-0.25, -0.2) is 0 Å². The molecule has 0 saturated carbocycles. The molecule has 1 atom stereocenters. The molecule has 1 rings (SSSR count). The highest BCUT2D eigenvalue weighted by Gasteiger charge is 2.15. The van der Waals surface area contributed by atoms with Crippen LogP contribution in [0.3, 0.4) is 0 Å². The second-order valence-electron chi connectivity index (χ2n) is 5.77. The number of nitrogens with zero attached hydrogens (tertiary/aromatic N) is 2. The Labute approximate surface area is 121 Å². The fourth-order valence-corrected chi connectivity index (χ4v) is 2.31. The Morgan fingerprint density at radius 2 is 2.05 bits per heavy atom. The molecular formula is C14H27N3OS. The van der Waals surface area contributed by atoms with Crippen LogP contribution in [0.15, 0.2) is 4.52 Å². The summed E-state index contributed by atoms with van der Waals surface area (Å²) in [5, 5.41) is 7.55. The first-order valence-electron chi connectivity index (χ1n) is 7.13. The van der Waals surface area contributed by atoms with Gasteiger partial charge in [0.15, 0.2) is 5.82 Å². The largest absolute Gasteiger partial charge is 0.339 e. The standard InChI is InChI=1S/C14H27N3OS/c1-6-8-15-11(7-2)9-13-16-12(17-18-13)10-19-14(3,4)5/h11,15H,6-10H2,1-5H3. The highest BCUT2D eigenvalue weighted by atomic mass is 32.2. The molecule has 0 saturated heterocycles. The van der Waals surface area contributed by atoms with Gasteiger partial charge in [-0.15, -0.1) is 11.8 Å². The molecular weight excluding hydrogens is 258 g/mol. The predicted octanol–water partition coefficient (Wildman–Crippen LogP) is 3.42. The van der Waals surface area contributed by atoms with Crippen LogP contribution in [-0.4, -0.2) is 27.5 Å². The molecule has 19 heavy (non-hydrogen) atoms. The number of rotatable bonds is 8. The van der Waals surface area contributed by atoms with E-state index in [-0.39, 0.29) is 4.75 Å². The van der Waals surface area contributed by atoms with Crippen LogP contribution in [0.4, 0.5) is 0 Å². The van der Waals surface area contributed by atoms with Crippen LogP contribution < -0.4 is 5.32 Å². The average Bonchev–Trinajstić information content (AvgIpc) is 2.79. The fourth-order valence-electron chi connectivity index (χ4n) is 1.63. The smallest absolute Gasteiger partial charge is 0.228 e. The fraction of sp³-hybridized carbons (Fsp3) is 0.857. The summed E-state index contributed by atoms with van der Waals surface area (Å²) in [5.41, 5.74) is 0. The van der Waals surface area contributed by atoms with Crippen LogP contribution >= 0.6 is 11.8 Å². The minimum atomic E-state index is 0.232. The maximum absolute atomic E-state index is 5.33. The monoisotopic (exact) mass is 285 g/mol. The van der Waals surface area contributed by atoms with E-state index in [1.807, 2.05) is 11.8 Å². The van der Waals surface area contributed by atoms with E-state index in [0.29, 0.717) is 6.04 Å². The van der Waals surface area contributed by atoms with E-state index in [0.717, 1.165) is 43.3 Å². The average molecular weight is 285 g/mol. The maximum atomic E-state index is 5.33. The third kappa shape index (κ3) is 6.97. The Balaban J connectivity index is 2.45. The molecule has 5 heteroatoms. The first kappa shape index (κ1) is 16.5. The lowest BCUT2D eigenvalue weighted by molar-refractivity contribution is 0.351. The predicted molar refractivity (Wildman–Crippen MR) is 81.4 cm³/mol. The quantitative estimate of drug-likeness (QED) is 0.793. The molecule has 0 aliphatic rings. The van der Waals surface area contributed by atoms with Crippen LogP contribution in [0.2, 0.25) is 0 Å². The molecule has 0 fully saturated rings. The summed E-state index contributed by atoms with van der Waals surface area (Å²) in [6, 6.07) is 0.434. The summed E-state index contributed by atoms with van der Waals surface area (Å²) >= 11 is 1.84. The van der Waals surface area contributed by atoms with Gasteiger partial charge in [0.25, 0.3) is 0 Å². The first-order chi connectivity index (χ1) is 8.94.